The molecule has 28 heteroatoms. The summed E-state index contributed by atoms with van der Waals surface area (Å²) in [4.78, 5) is 29.1. The third-order valence-corrected chi connectivity index (χ3v) is 16.2. The molecule has 502 valence electrons. The zero-order valence-corrected chi connectivity index (χ0v) is 55.1. The van der Waals surface area contributed by atoms with Crippen molar-refractivity contribution >= 4 is 58.2 Å². The van der Waals surface area contributed by atoms with E-state index in [1.165, 1.54) is 0 Å². The van der Waals surface area contributed by atoms with E-state index in [1.54, 1.807) is 9.36 Å². The molecule has 4 atom stereocenters. The van der Waals surface area contributed by atoms with Crippen LogP contribution in [0.1, 0.15) is 45.2 Å². The first-order chi connectivity index (χ1) is 44.8. The first-order valence-electron chi connectivity index (χ1n) is 30.8. The van der Waals surface area contributed by atoms with Crippen molar-refractivity contribution in [3.05, 3.63) is 139 Å². The Bertz CT molecular complexity index is 3000. The summed E-state index contributed by atoms with van der Waals surface area (Å²) in [5.74, 6) is -1.58. The number of carbonyl (C=O) groups excluding carboxylic acids is 2. The Balaban J connectivity index is 0.529. The normalized spacial score (nSPS) is 15.7. The Kier molecular flexibility index (Phi) is 31.2. The topological polar surface area (TPSA) is 259 Å². The number of halogens is 4. The maximum absolute atomic E-state index is 12.3. The number of ether oxygens (including phenoxy) is 10. The lowest BCUT2D eigenvalue weighted by Crippen LogP contribution is -2.50. The van der Waals surface area contributed by atoms with Gasteiger partial charge in [-0.2, -0.15) is 0 Å². The van der Waals surface area contributed by atoms with Gasteiger partial charge in [0.25, 0.3) is 11.8 Å². The second kappa shape index (κ2) is 39.5. The van der Waals surface area contributed by atoms with E-state index in [0.717, 1.165) is 82.1 Å². The summed E-state index contributed by atoms with van der Waals surface area (Å²) in [5.41, 5.74) is 10.4. The van der Waals surface area contributed by atoms with E-state index in [4.69, 9.17) is 93.8 Å². The molecule has 2 aromatic heterocycles. The number of aliphatic hydroxyl groups is 2. The highest BCUT2D eigenvalue weighted by molar-refractivity contribution is 6.35. The number of hydrogen-bond donors (Lipinski definition) is 4. The molecule has 0 unspecified atom stereocenters. The first kappa shape index (κ1) is 72.5. The number of aromatic nitrogens is 6. The van der Waals surface area contributed by atoms with E-state index in [1.807, 2.05) is 60.9 Å². The van der Waals surface area contributed by atoms with E-state index in [-0.39, 0.29) is 51.4 Å². The monoisotopic (exact) mass is 1360 g/mol. The van der Waals surface area contributed by atoms with E-state index >= 15 is 0 Å². The molecule has 24 nitrogen and oxygen atoms in total. The Morgan fingerprint density at radius 2 is 0.804 bits per heavy atom. The van der Waals surface area contributed by atoms with Gasteiger partial charge in [-0.25, -0.2) is 9.36 Å². The van der Waals surface area contributed by atoms with Crippen LogP contribution in [0.5, 0.6) is 0 Å². The van der Waals surface area contributed by atoms with Crippen LogP contribution >= 0.6 is 46.4 Å². The van der Waals surface area contributed by atoms with E-state index in [0.29, 0.717) is 139 Å². The molecule has 2 amide bonds. The van der Waals surface area contributed by atoms with E-state index in [9.17, 15) is 19.8 Å². The van der Waals surface area contributed by atoms with Crippen LogP contribution in [0.3, 0.4) is 0 Å². The van der Waals surface area contributed by atoms with Crippen LogP contribution < -0.4 is 10.6 Å². The Morgan fingerprint density at radius 3 is 1.15 bits per heavy atom. The summed E-state index contributed by atoms with van der Waals surface area (Å²) in [5, 5.41) is 45.3. The van der Waals surface area contributed by atoms with Crippen molar-refractivity contribution < 1.29 is 67.2 Å². The average molecular weight is 1360 g/mol. The molecule has 4 N–H and O–H groups in total. The zero-order chi connectivity index (χ0) is 64.9. The van der Waals surface area contributed by atoms with Crippen molar-refractivity contribution in [2.45, 2.75) is 50.2 Å². The van der Waals surface area contributed by atoms with Gasteiger partial charge >= 0.3 is 0 Å². The molecule has 0 aliphatic carbocycles. The van der Waals surface area contributed by atoms with Crippen LogP contribution in [0.2, 0.25) is 20.1 Å². The van der Waals surface area contributed by atoms with Crippen LogP contribution in [0.15, 0.2) is 85.2 Å². The molecule has 2 aliphatic rings. The highest BCUT2D eigenvalue weighted by Gasteiger charge is 2.31. The number of nitrogens with zero attached hydrogens (tertiary/aromatic N) is 8. The van der Waals surface area contributed by atoms with Gasteiger partial charge in [0.05, 0.1) is 158 Å². The fraction of sp³-hybridized carbons (Fsp3) is 0.531. The second-order valence-corrected chi connectivity index (χ2v) is 23.7. The third-order valence-electron chi connectivity index (χ3n) is 15.1. The summed E-state index contributed by atoms with van der Waals surface area (Å²) < 4.78 is 59.2. The molecule has 4 aromatic carbocycles. The van der Waals surface area contributed by atoms with Gasteiger partial charge in [0.2, 0.25) is 0 Å². The van der Waals surface area contributed by atoms with Gasteiger partial charge in [0.15, 0.2) is 12.2 Å². The zero-order valence-electron chi connectivity index (χ0n) is 52.1. The lowest BCUT2D eigenvalue weighted by molar-refractivity contribution is -0.146. The molecule has 0 bridgehead atoms. The molecule has 2 aliphatic heterocycles. The Hall–Kier alpha value is -5.30. The molecule has 0 spiro atoms. The van der Waals surface area contributed by atoms with Crippen LogP contribution in [0, 0.1) is 0 Å². The predicted octanol–water partition coefficient (Wildman–Crippen LogP) is 5.79. The lowest BCUT2D eigenvalue weighted by Gasteiger charge is -2.33. The SMILES string of the molecule is CN1Cc2c(Cl)cc(Cl)cc2[C@H](c2cccc(-c3cn(CCOCCOCCOCCOCCOCCNC(=O)[C@H](O)[C@@H](O)C(=O)NCCOCCOCCOCCOCCOCCn4cc(-c5cccc([C@@H]6CN(C)Cc7c(Cl)cc(Cl)cc76)c5)nn4)nn3)c2)C1. The molecule has 8 rings (SSSR count). The Morgan fingerprint density at radius 1 is 0.478 bits per heavy atom. The Labute approximate surface area is 556 Å². The molecular formula is C64H84Cl4N10O14. The minimum absolute atomic E-state index is 0.0468. The van der Waals surface area contributed by atoms with Gasteiger partial charge in [0.1, 0.15) is 11.4 Å². The number of aliphatic hydroxyl groups excluding tert-OH is 2. The van der Waals surface area contributed by atoms with Crippen molar-refractivity contribution in [2.75, 3.05) is 172 Å². The molecule has 6 aromatic rings. The van der Waals surface area contributed by atoms with Gasteiger partial charge in [-0.05, 0) is 83.9 Å². The number of rotatable bonds is 43. The summed E-state index contributed by atoms with van der Waals surface area (Å²) in [7, 11) is 4.19. The highest BCUT2D eigenvalue weighted by Crippen LogP contribution is 2.41. The van der Waals surface area contributed by atoms with Crippen LogP contribution in [-0.4, -0.2) is 246 Å². The van der Waals surface area contributed by atoms with Crippen molar-refractivity contribution in [1.82, 2.24) is 50.4 Å². The fourth-order valence-electron chi connectivity index (χ4n) is 10.4. The van der Waals surface area contributed by atoms with Gasteiger partial charge in [-0.15, -0.1) is 10.2 Å². The maximum Gasteiger partial charge on any atom is 0.252 e. The standard InChI is InChI=1S/C64H84Cl4N10O14/c1-75-39-53(51-35-49(65)37-57(67)55(51)41-75)45-5-3-7-47(33-45)59-43-77(73-71-59)11-15-85-19-23-89-27-31-91-29-25-87-21-17-83-13-9-69-63(81)61(79)62(80)64(82)70-10-14-84-18-22-88-26-30-92-32-28-90-24-20-86-16-12-78-44-60(72-74-78)48-8-4-6-46(34-48)54-40-76(2)42-56-52(54)36-50(66)38-58(56)68/h3-8,33-38,43-44,53-54,61-62,79-80H,9-32,39-42H2,1-2H3,(H,69,81)(H,70,82)/t53-,54-,61+,62+/m0/s1. The first-order valence-corrected chi connectivity index (χ1v) is 32.3. The van der Waals surface area contributed by atoms with Crippen molar-refractivity contribution in [1.29, 1.82) is 0 Å². The third kappa shape index (κ3) is 23.6. The maximum atomic E-state index is 12.3. The van der Waals surface area contributed by atoms with Gasteiger partial charge in [-0.3, -0.25) is 9.59 Å². The number of amides is 2. The second-order valence-electron chi connectivity index (χ2n) is 22.0. The average Bonchev–Trinajstić information content (AvgIpc) is 0.888. The highest BCUT2D eigenvalue weighted by atomic mass is 35.5. The predicted molar refractivity (Wildman–Crippen MR) is 346 cm³/mol. The number of fused-ring (bicyclic) bond motifs is 2. The van der Waals surface area contributed by atoms with Crippen LogP contribution in [-0.2, 0) is 83.1 Å². The minimum Gasteiger partial charge on any atom is -0.380 e. The van der Waals surface area contributed by atoms with Gasteiger partial charge in [-0.1, -0.05) is 93.2 Å². The molecule has 4 heterocycles. The van der Waals surface area contributed by atoms with Crippen molar-refractivity contribution in [2.24, 2.45) is 0 Å². The van der Waals surface area contributed by atoms with E-state index in [2.05, 4.69) is 79.4 Å². The van der Waals surface area contributed by atoms with Crippen molar-refractivity contribution in [3.8, 4) is 22.5 Å². The number of hydrogen-bond acceptors (Lipinski definition) is 20. The molecule has 92 heavy (non-hydrogen) atoms. The quantitative estimate of drug-likeness (QED) is 0.0330. The number of benzene rings is 4. The number of nitrogens with one attached hydrogen (secondary N) is 2. The summed E-state index contributed by atoms with van der Waals surface area (Å²) in [6, 6.07) is 24.4. The van der Waals surface area contributed by atoms with Gasteiger partial charge < -0.3 is 78.0 Å². The lowest BCUT2D eigenvalue weighted by atomic mass is 9.84. The molecule has 0 radical (unpaired) electrons. The summed E-state index contributed by atoms with van der Waals surface area (Å²) in [6.45, 7) is 11.5. The van der Waals surface area contributed by atoms with E-state index < -0.39 is 24.0 Å². The van der Waals surface area contributed by atoms with Crippen LogP contribution in [0.4, 0.5) is 0 Å². The van der Waals surface area contributed by atoms with Crippen LogP contribution in [0.25, 0.3) is 22.5 Å². The molecular weight excluding hydrogens is 1270 g/mol. The molecule has 0 fully saturated rings. The largest absolute Gasteiger partial charge is 0.380 e. The van der Waals surface area contributed by atoms with Gasteiger partial charge in [0, 0.05) is 82.3 Å². The number of likely N-dealkylation sites (N-methyl/N-ethyl adjacent to an activating group) is 2. The fourth-order valence-corrected chi connectivity index (χ4v) is 11.6. The number of carbonyl (C=O) groups is 2. The molecule has 0 saturated heterocycles. The molecule has 0 saturated carbocycles. The minimum atomic E-state index is -1.97. The smallest absolute Gasteiger partial charge is 0.252 e. The van der Waals surface area contributed by atoms with Crippen molar-refractivity contribution in [3.63, 3.8) is 0 Å². The summed E-state index contributed by atoms with van der Waals surface area (Å²) in [6.07, 6.45) is -0.108. The summed E-state index contributed by atoms with van der Waals surface area (Å²) >= 11 is 26.0.